The quantitative estimate of drug-likeness (QED) is 0.680. The van der Waals surface area contributed by atoms with Crippen molar-refractivity contribution in [2.75, 3.05) is 0 Å². The van der Waals surface area contributed by atoms with E-state index in [0.29, 0.717) is 5.56 Å². The number of aryl methyl sites for hydroxylation is 1. The van der Waals surface area contributed by atoms with Crippen molar-refractivity contribution in [1.29, 1.82) is 0 Å². The van der Waals surface area contributed by atoms with E-state index < -0.39 is 5.91 Å². The van der Waals surface area contributed by atoms with Crippen molar-refractivity contribution in [3.05, 3.63) is 34.9 Å². The summed E-state index contributed by atoms with van der Waals surface area (Å²) in [4.78, 5) is 11.0. The molecule has 4 nitrogen and oxygen atoms in total. The minimum atomic E-state index is -0.421. The molecule has 0 atom stereocenters. The van der Waals surface area contributed by atoms with Crippen LogP contribution in [0, 0.1) is 6.92 Å². The maximum atomic E-state index is 11.0. The highest BCUT2D eigenvalue weighted by Crippen LogP contribution is 2.17. The molecule has 0 aromatic heterocycles. The first-order valence-electron chi connectivity index (χ1n) is 3.93. The second kappa shape index (κ2) is 2.58. The van der Waals surface area contributed by atoms with Crippen LogP contribution in [0.15, 0.2) is 23.3 Å². The number of nitrogens with two attached hydrogens (primary N) is 1. The molecule has 1 aromatic carbocycles. The number of nitrogens with zero attached hydrogens (tertiary/aromatic N) is 1. The molecule has 0 spiro atoms. The summed E-state index contributed by atoms with van der Waals surface area (Å²) in [5, 5.41) is 3.84. The van der Waals surface area contributed by atoms with E-state index in [-0.39, 0.29) is 0 Å². The predicted octanol–water partition coefficient (Wildman–Crippen LogP) is 0.359. The van der Waals surface area contributed by atoms with Crippen LogP contribution in [-0.4, -0.2) is 11.7 Å². The Morgan fingerprint density at radius 2 is 2.23 bits per heavy atom. The molecule has 0 bridgehead atoms. The van der Waals surface area contributed by atoms with Gasteiger partial charge in [0.15, 0.2) is 5.84 Å². The van der Waals surface area contributed by atoms with Gasteiger partial charge in [0.05, 0.1) is 5.56 Å². The number of rotatable bonds is 2. The number of hydrogen-bond acceptors (Lipinski definition) is 3. The monoisotopic (exact) mass is 175 g/mol. The van der Waals surface area contributed by atoms with Gasteiger partial charge in [-0.3, -0.25) is 10.2 Å². The Morgan fingerprint density at radius 1 is 1.54 bits per heavy atom. The topological polar surface area (TPSA) is 77.4 Å². The first-order chi connectivity index (χ1) is 6.20. The van der Waals surface area contributed by atoms with E-state index >= 15 is 0 Å². The molecule has 0 radical (unpaired) electrons. The lowest BCUT2D eigenvalue weighted by molar-refractivity contribution is 0.1000. The van der Waals surface area contributed by atoms with Gasteiger partial charge in [0.2, 0.25) is 5.91 Å². The molecule has 1 heterocycles. The van der Waals surface area contributed by atoms with Gasteiger partial charge in [-0.2, -0.15) is 5.10 Å². The first-order valence-corrected chi connectivity index (χ1v) is 3.93. The maximum Gasteiger partial charge on any atom is 0.249 e. The van der Waals surface area contributed by atoms with Crippen molar-refractivity contribution < 1.29 is 4.79 Å². The van der Waals surface area contributed by atoms with Crippen LogP contribution >= 0.6 is 0 Å². The molecule has 3 N–H and O–H groups in total. The van der Waals surface area contributed by atoms with Gasteiger partial charge in [0.1, 0.15) is 0 Å². The van der Waals surface area contributed by atoms with Gasteiger partial charge in [-0.05, 0) is 18.6 Å². The number of nitrogens with one attached hydrogen (secondary N) is 1. The van der Waals surface area contributed by atoms with E-state index in [1.807, 2.05) is 19.1 Å². The summed E-state index contributed by atoms with van der Waals surface area (Å²) in [6.45, 7) is 1.92. The predicted molar refractivity (Wildman–Crippen MR) is 49.4 cm³/mol. The number of primary amides is 1. The Kier molecular flexibility index (Phi) is 1.55. The van der Waals surface area contributed by atoms with Crippen molar-refractivity contribution in [1.82, 2.24) is 5.43 Å². The standard InChI is InChI=1S/C9H9N3O/c1-5-3-2-4-6(8(10)13)7(5)9-11-12-9/h2-4H,1H3,(H2,10,13)(H,11,12). The average Bonchev–Trinajstić information content (AvgIpc) is 2.86. The fourth-order valence-electron chi connectivity index (χ4n) is 1.33. The zero-order valence-corrected chi connectivity index (χ0v) is 7.16. The van der Waals surface area contributed by atoms with E-state index in [0.717, 1.165) is 17.0 Å². The third kappa shape index (κ3) is 1.26. The Labute approximate surface area is 75.4 Å². The Hall–Kier alpha value is -1.84. The summed E-state index contributed by atoms with van der Waals surface area (Å²) < 4.78 is 0. The normalized spacial score (nSPS) is 13.2. The van der Waals surface area contributed by atoms with Crippen molar-refractivity contribution in [2.45, 2.75) is 6.92 Å². The third-order valence-electron chi connectivity index (χ3n) is 2.00. The highest BCUT2D eigenvalue weighted by atomic mass is 16.1. The summed E-state index contributed by atoms with van der Waals surface area (Å²) >= 11 is 0. The van der Waals surface area contributed by atoms with Crippen LogP contribution in [0.1, 0.15) is 21.5 Å². The van der Waals surface area contributed by atoms with Crippen LogP contribution in [0.3, 0.4) is 0 Å². The zero-order chi connectivity index (χ0) is 9.42. The molecule has 0 saturated carbocycles. The van der Waals surface area contributed by atoms with E-state index in [1.54, 1.807) is 6.07 Å². The van der Waals surface area contributed by atoms with Gasteiger partial charge in [-0.25, -0.2) is 0 Å². The maximum absolute atomic E-state index is 11.0. The molecule has 13 heavy (non-hydrogen) atoms. The summed E-state index contributed by atoms with van der Waals surface area (Å²) in [6, 6.07) is 5.43. The number of hydrazone groups is 1. The number of hydrogen-bond donors (Lipinski definition) is 2. The highest BCUT2D eigenvalue weighted by molar-refractivity contribution is 6.13. The number of amides is 1. The number of carbonyl (C=O) groups excluding carboxylic acids is 1. The number of carbonyl (C=O) groups is 1. The van der Waals surface area contributed by atoms with Crippen molar-refractivity contribution in [2.24, 2.45) is 10.8 Å². The molecule has 66 valence electrons. The van der Waals surface area contributed by atoms with E-state index in [2.05, 4.69) is 10.5 Å². The molecule has 2 rings (SSSR count). The van der Waals surface area contributed by atoms with Gasteiger partial charge >= 0.3 is 0 Å². The molecule has 0 aliphatic carbocycles. The molecule has 1 amide bonds. The fraction of sp³-hybridized carbons (Fsp3) is 0.111. The van der Waals surface area contributed by atoms with Crippen LogP contribution in [-0.2, 0) is 0 Å². The Morgan fingerprint density at radius 3 is 2.77 bits per heavy atom. The third-order valence-corrected chi connectivity index (χ3v) is 2.00. The fourth-order valence-corrected chi connectivity index (χ4v) is 1.33. The molecule has 0 fully saturated rings. The molecular formula is C9H9N3O. The van der Waals surface area contributed by atoms with E-state index in [9.17, 15) is 4.79 Å². The summed E-state index contributed by atoms with van der Waals surface area (Å²) in [5.74, 6) is 0.321. The Balaban J connectivity index is 2.60. The summed E-state index contributed by atoms with van der Waals surface area (Å²) in [5.41, 5.74) is 10.3. The lowest BCUT2D eigenvalue weighted by atomic mass is 10.0. The Bertz CT molecular complexity index is 409. The van der Waals surface area contributed by atoms with Crippen LogP contribution in [0.5, 0.6) is 0 Å². The largest absolute Gasteiger partial charge is 0.366 e. The van der Waals surface area contributed by atoms with Crippen LogP contribution in [0.4, 0.5) is 0 Å². The van der Waals surface area contributed by atoms with Gasteiger partial charge in [0.25, 0.3) is 0 Å². The van der Waals surface area contributed by atoms with Gasteiger partial charge < -0.3 is 5.73 Å². The summed E-state index contributed by atoms with van der Waals surface area (Å²) in [6.07, 6.45) is 0. The molecule has 4 heteroatoms. The molecule has 1 aliphatic heterocycles. The molecule has 1 aliphatic rings. The van der Waals surface area contributed by atoms with E-state index in [1.165, 1.54) is 0 Å². The molecule has 1 aromatic rings. The summed E-state index contributed by atoms with van der Waals surface area (Å²) in [7, 11) is 0. The lowest BCUT2D eigenvalue weighted by Gasteiger charge is -2.03. The van der Waals surface area contributed by atoms with Gasteiger partial charge in [0, 0.05) is 5.56 Å². The minimum absolute atomic E-state index is 0.421. The first kappa shape index (κ1) is 7.79. The highest BCUT2D eigenvalue weighted by Gasteiger charge is 2.20. The minimum Gasteiger partial charge on any atom is -0.366 e. The number of amidine groups is 1. The van der Waals surface area contributed by atoms with Gasteiger partial charge in [-0.1, -0.05) is 12.1 Å². The smallest absolute Gasteiger partial charge is 0.249 e. The zero-order valence-electron chi connectivity index (χ0n) is 7.16. The van der Waals surface area contributed by atoms with Crippen LogP contribution < -0.4 is 11.2 Å². The van der Waals surface area contributed by atoms with Crippen LogP contribution in [0.25, 0.3) is 0 Å². The second-order valence-electron chi connectivity index (χ2n) is 2.93. The lowest BCUT2D eigenvalue weighted by Crippen LogP contribution is -2.16. The van der Waals surface area contributed by atoms with E-state index in [4.69, 9.17) is 5.73 Å². The van der Waals surface area contributed by atoms with Crippen molar-refractivity contribution in [3.63, 3.8) is 0 Å². The molecular weight excluding hydrogens is 166 g/mol. The van der Waals surface area contributed by atoms with Gasteiger partial charge in [-0.15, -0.1) is 0 Å². The van der Waals surface area contributed by atoms with Crippen LogP contribution in [0.2, 0.25) is 0 Å². The second-order valence-corrected chi connectivity index (χ2v) is 2.93. The average molecular weight is 175 g/mol. The molecule has 0 saturated heterocycles. The van der Waals surface area contributed by atoms with Crippen molar-refractivity contribution >= 4 is 11.7 Å². The number of benzene rings is 1. The SMILES string of the molecule is Cc1cccc(C(N)=O)c1C1=NN1. The molecule has 0 unspecified atom stereocenters. The van der Waals surface area contributed by atoms with Crippen molar-refractivity contribution in [3.8, 4) is 0 Å².